The molecule has 0 aliphatic heterocycles. The van der Waals surface area contributed by atoms with Gasteiger partial charge in [-0.2, -0.15) is 0 Å². The minimum Gasteiger partial charge on any atom is -0.312 e. The van der Waals surface area contributed by atoms with Gasteiger partial charge in [-0.15, -0.1) is 11.8 Å². The van der Waals surface area contributed by atoms with Crippen LogP contribution in [0.1, 0.15) is 13.8 Å². The van der Waals surface area contributed by atoms with E-state index in [1.54, 1.807) is 11.8 Å². The van der Waals surface area contributed by atoms with E-state index < -0.39 is 0 Å². The molecule has 0 aliphatic carbocycles. The summed E-state index contributed by atoms with van der Waals surface area (Å²) in [5, 5.41) is 9.13. The average Bonchev–Trinajstić information content (AvgIpc) is 1.83. The minimum atomic E-state index is 0.325. The lowest BCUT2D eigenvalue weighted by Gasteiger charge is -1.95. The Bertz CT molecular complexity index is 88.5. The van der Waals surface area contributed by atoms with Crippen molar-refractivity contribution in [3.8, 4) is 0 Å². The zero-order valence-electron chi connectivity index (χ0n) is 5.22. The standard InChI is InChI=1S/C6H11NS/c1-3-4-8-6(2)5-7/h3-7H,1-2H3. The second-order valence-corrected chi connectivity index (χ2v) is 2.77. The van der Waals surface area contributed by atoms with Crippen molar-refractivity contribution >= 4 is 18.0 Å². The topological polar surface area (TPSA) is 23.9 Å². The van der Waals surface area contributed by atoms with Crippen LogP contribution < -0.4 is 0 Å². The number of thioether (sulfide) groups is 1. The molecule has 0 amide bonds. The molecule has 1 nitrogen and oxygen atoms in total. The Hall–Kier alpha value is -0.240. The van der Waals surface area contributed by atoms with Crippen molar-refractivity contribution in [2.45, 2.75) is 19.1 Å². The molecule has 0 aliphatic rings. The van der Waals surface area contributed by atoms with E-state index in [2.05, 4.69) is 0 Å². The van der Waals surface area contributed by atoms with Gasteiger partial charge < -0.3 is 5.41 Å². The Morgan fingerprint density at radius 2 is 2.25 bits per heavy atom. The van der Waals surface area contributed by atoms with Crippen molar-refractivity contribution in [1.29, 1.82) is 5.41 Å². The number of nitrogens with one attached hydrogen (secondary N) is 1. The van der Waals surface area contributed by atoms with Gasteiger partial charge in [-0.3, -0.25) is 0 Å². The molecule has 0 saturated carbocycles. The predicted octanol–water partition coefficient (Wildman–Crippen LogP) is 2.29. The van der Waals surface area contributed by atoms with Crippen LogP contribution in [0.4, 0.5) is 0 Å². The van der Waals surface area contributed by atoms with E-state index in [1.165, 1.54) is 6.21 Å². The molecular weight excluding hydrogens is 118 g/mol. The van der Waals surface area contributed by atoms with Crippen LogP contribution in [0.2, 0.25) is 0 Å². The smallest absolute Gasteiger partial charge is 0.0406 e. The maximum atomic E-state index is 6.81. The normalized spacial score (nSPS) is 14.2. The molecule has 0 spiro atoms. The third-order valence-corrected chi connectivity index (χ3v) is 1.66. The first-order valence-electron chi connectivity index (χ1n) is 2.58. The van der Waals surface area contributed by atoms with Crippen molar-refractivity contribution in [3.05, 3.63) is 11.5 Å². The molecule has 0 aromatic carbocycles. The summed E-state index contributed by atoms with van der Waals surface area (Å²) >= 11 is 1.65. The summed E-state index contributed by atoms with van der Waals surface area (Å²) in [7, 11) is 0. The van der Waals surface area contributed by atoms with Crippen LogP contribution in [0.25, 0.3) is 0 Å². The summed E-state index contributed by atoms with van der Waals surface area (Å²) in [5.41, 5.74) is 0. The molecule has 0 heterocycles. The second kappa shape index (κ2) is 4.91. The van der Waals surface area contributed by atoms with Crippen LogP contribution in [0.5, 0.6) is 0 Å². The van der Waals surface area contributed by atoms with Crippen LogP contribution in [-0.2, 0) is 0 Å². The second-order valence-electron chi connectivity index (χ2n) is 1.48. The van der Waals surface area contributed by atoms with Crippen molar-refractivity contribution < 1.29 is 0 Å². The van der Waals surface area contributed by atoms with Gasteiger partial charge in [0.1, 0.15) is 0 Å². The molecule has 0 aromatic heterocycles. The molecule has 0 bridgehead atoms. The minimum absolute atomic E-state index is 0.325. The van der Waals surface area contributed by atoms with Crippen LogP contribution in [0.3, 0.4) is 0 Å². The predicted molar refractivity (Wildman–Crippen MR) is 40.7 cm³/mol. The first kappa shape index (κ1) is 7.76. The van der Waals surface area contributed by atoms with Gasteiger partial charge in [0, 0.05) is 11.5 Å². The molecule has 1 atom stereocenters. The van der Waals surface area contributed by atoms with Gasteiger partial charge in [0.15, 0.2) is 0 Å². The van der Waals surface area contributed by atoms with Gasteiger partial charge >= 0.3 is 0 Å². The van der Waals surface area contributed by atoms with Crippen LogP contribution in [-0.4, -0.2) is 11.5 Å². The lowest BCUT2D eigenvalue weighted by molar-refractivity contribution is 1.32. The van der Waals surface area contributed by atoms with E-state index in [1.807, 2.05) is 25.3 Å². The van der Waals surface area contributed by atoms with E-state index in [0.717, 1.165) is 0 Å². The third-order valence-electron chi connectivity index (χ3n) is 0.664. The lowest BCUT2D eigenvalue weighted by Crippen LogP contribution is -1.91. The van der Waals surface area contributed by atoms with Crippen molar-refractivity contribution in [3.63, 3.8) is 0 Å². The van der Waals surface area contributed by atoms with Crippen molar-refractivity contribution in [2.24, 2.45) is 0 Å². The Labute approximate surface area is 54.7 Å². The SMILES string of the molecule is CC=CSC(C)C=N. The molecule has 1 unspecified atom stereocenters. The molecule has 8 heavy (non-hydrogen) atoms. The molecule has 46 valence electrons. The van der Waals surface area contributed by atoms with E-state index in [-0.39, 0.29) is 0 Å². The molecular formula is C6H11NS. The Morgan fingerprint density at radius 3 is 2.62 bits per heavy atom. The lowest BCUT2D eigenvalue weighted by atomic mass is 10.5. The molecule has 2 heteroatoms. The highest BCUT2D eigenvalue weighted by Crippen LogP contribution is 2.07. The van der Waals surface area contributed by atoms with E-state index in [4.69, 9.17) is 5.41 Å². The molecule has 1 N–H and O–H groups in total. The summed E-state index contributed by atoms with van der Waals surface area (Å²) in [4.78, 5) is 0. The van der Waals surface area contributed by atoms with Gasteiger partial charge in [-0.25, -0.2) is 0 Å². The summed E-state index contributed by atoms with van der Waals surface area (Å²) in [6, 6.07) is 0. The number of allylic oxidation sites excluding steroid dienone is 1. The number of hydrogen-bond donors (Lipinski definition) is 1. The summed E-state index contributed by atoms with van der Waals surface area (Å²) in [5.74, 6) is 0. The largest absolute Gasteiger partial charge is 0.312 e. The number of rotatable bonds is 3. The van der Waals surface area contributed by atoms with Crippen LogP contribution >= 0.6 is 11.8 Å². The summed E-state index contributed by atoms with van der Waals surface area (Å²) < 4.78 is 0. The third kappa shape index (κ3) is 3.93. The fraction of sp³-hybridized carbons (Fsp3) is 0.500. The molecule has 0 radical (unpaired) electrons. The molecule has 0 aromatic rings. The van der Waals surface area contributed by atoms with Gasteiger partial charge in [-0.05, 0) is 19.3 Å². The van der Waals surface area contributed by atoms with Crippen LogP contribution in [0.15, 0.2) is 11.5 Å². The quantitative estimate of drug-likeness (QED) is 0.581. The van der Waals surface area contributed by atoms with Gasteiger partial charge in [0.25, 0.3) is 0 Å². The molecule has 0 saturated heterocycles. The van der Waals surface area contributed by atoms with Crippen molar-refractivity contribution in [1.82, 2.24) is 0 Å². The maximum Gasteiger partial charge on any atom is 0.0406 e. The maximum absolute atomic E-state index is 6.81. The Kier molecular flexibility index (Phi) is 4.76. The van der Waals surface area contributed by atoms with E-state index in [9.17, 15) is 0 Å². The van der Waals surface area contributed by atoms with Crippen LogP contribution in [0, 0.1) is 5.41 Å². The summed E-state index contributed by atoms with van der Waals surface area (Å²) in [6.45, 7) is 3.97. The number of hydrogen-bond acceptors (Lipinski definition) is 2. The summed E-state index contributed by atoms with van der Waals surface area (Å²) in [6.07, 6.45) is 3.41. The Balaban J connectivity index is 3.23. The monoisotopic (exact) mass is 129 g/mol. The van der Waals surface area contributed by atoms with Gasteiger partial charge in [-0.1, -0.05) is 6.08 Å². The highest BCUT2D eigenvalue weighted by molar-refractivity contribution is 8.03. The fourth-order valence-electron chi connectivity index (χ4n) is 0.242. The van der Waals surface area contributed by atoms with E-state index >= 15 is 0 Å². The van der Waals surface area contributed by atoms with Gasteiger partial charge in [0.05, 0.1) is 0 Å². The highest BCUT2D eigenvalue weighted by Gasteiger charge is 1.89. The first-order valence-corrected chi connectivity index (χ1v) is 3.52. The highest BCUT2D eigenvalue weighted by atomic mass is 32.2. The molecule has 0 fully saturated rings. The zero-order valence-corrected chi connectivity index (χ0v) is 6.03. The van der Waals surface area contributed by atoms with Crippen molar-refractivity contribution in [2.75, 3.05) is 0 Å². The zero-order chi connectivity index (χ0) is 6.41. The molecule has 0 rings (SSSR count). The average molecular weight is 129 g/mol. The Morgan fingerprint density at radius 1 is 1.62 bits per heavy atom. The first-order chi connectivity index (χ1) is 3.81. The van der Waals surface area contributed by atoms with Gasteiger partial charge in [0.2, 0.25) is 0 Å². The fourth-order valence-corrected chi connectivity index (χ4v) is 0.725. The van der Waals surface area contributed by atoms with E-state index in [0.29, 0.717) is 5.25 Å².